The topological polar surface area (TPSA) is 137 Å². The first-order valence-electron chi connectivity index (χ1n) is 12.9. The van der Waals surface area contributed by atoms with E-state index >= 15 is 0 Å². The van der Waals surface area contributed by atoms with E-state index in [2.05, 4.69) is 17.1 Å². The molecule has 39 heavy (non-hydrogen) atoms. The summed E-state index contributed by atoms with van der Waals surface area (Å²) in [7, 11) is 0. The smallest absolute Gasteiger partial charge is 0.272 e. The maximum absolute atomic E-state index is 14.1. The first-order chi connectivity index (χ1) is 18.7. The number of rotatable bonds is 5. The summed E-state index contributed by atoms with van der Waals surface area (Å²) in [5.74, 6) is -0.428. The summed E-state index contributed by atoms with van der Waals surface area (Å²) in [6.07, 6.45) is -0.407. The van der Waals surface area contributed by atoms with Gasteiger partial charge in [0.25, 0.3) is 11.5 Å². The van der Waals surface area contributed by atoms with Gasteiger partial charge in [-0.15, -0.1) is 0 Å². The van der Waals surface area contributed by atoms with E-state index in [1.54, 1.807) is 30.0 Å². The number of carbonyl (C=O) groups excluding carboxylic acids is 2. The Morgan fingerprint density at radius 1 is 1.08 bits per heavy atom. The van der Waals surface area contributed by atoms with Crippen molar-refractivity contribution in [3.05, 3.63) is 105 Å². The van der Waals surface area contributed by atoms with Crippen molar-refractivity contribution in [2.24, 2.45) is 16.5 Å². The molecule has 1 aromatic heterocycles. The lowest BCUT2D eigenvalue weighted by Gasteiger charge is -2.23. The molecule has 9 heteroatoms. The molecule has 2 unspecified atom stereocenters. The molecule has 9 nitrogen and oxygen atoms in total. The second-order valence-corrected chi connectivity index (χ2v) is 10.2. The van der Waals surface area contributed by atoms with Crippen LogP contribution in [0.4, 0.5) is 5.69 Å². The van der Waals surface area contributed by atoms with Crippen molar-refractivity contribution in [3.8, 4) is 0 Å². The van der Waals surface area contributed by atoms with Crippen molar-refractivity contribution >= 4 is 34.1 Å². The Morgan fingerprint density at radius 2 is 1.85 bits per heavy atom. The second kappa shape index (κ2) is 9.28. The molecule has 0 spiro atoms. The zero-order chi connectivity index (χ0) is 27.4. The molecule has 2 amide bonds. The molecule has 2 aliphatic rings. The molecule has 0 bridgehead atoms. The van der Waals surface area contributed by atoms with E-state index in [4.69, 9.17) is 16.5 Å². The van der Waals surface area contributed by atoms with Crippen molar-refractivity contribution in [1.82, 2.24) is 9.55 Å². The van der Waals surface area contributed by atoms with Gasteiger partial charge >= 0.3 is 0 Å². The quantitative estimate of drug-likeness (QED) is 0.417. The van der Waals surface area contributed by atoms with E-state index in [1.807, 2.05) is 37.3 Å². The predicted molar refractivity (Wildman–Crippen MR) is 150 cm³/mol. The van der Waals surface area contributed by atoms with Crippen LogP contribution >= 0.6 is 0 Å². The third kappa shape index (κ3) is 4.11. The molecular formula is C30H28N6O3. The van der Waals surface area contributed by atoms with E-state index < -0.39 is 18.1 Å². The first-order valence-corrected chi connectivity index (χ1v) is 12.9. The van der Waals surface area contributed by atoms with Crippen LogP contribution in [-0.4, -0.2) is 33.6 Å². The second-order valence-electron chi connectivity index (χ2n) is 10.2. The van der Waals surface area contributed by atoms with Gasteiger partial charge in [0.05, 0.1) is 22.3 Å². The van der Waals surface area contributed by atoms with Gasteiger partial charge in [-0.3, -0.25) is 19.0 Å². The fraction of sp³-hybridized carbons (Fsp3) is 0.233. The van der Waals surface area contributed by atoms with Crippen LogP contribution in [0.5, 0.6) is 0 Å². The van der Waals surface area contributed by atoms with Crippen molar-refractivity contribution < 1.29 is 9.59 Å². The molecule has 6 rings (SSSR count). The Bertz CT molecular complexity index is 1760. The number of fused-ring (bicyclic) bond motifs is 1. The highest BCUT2D eigenvalue weighted by Crippen LogP contribution is 2.39. The van der Waals surface area contributed by atoms with Gasteiger partial charge in [-0.1, -0.05) is 48.0 Å². The number of nitrogens with two attached hydrogens (primary N) is 2. The first kappa shape index (κ1) is 24.7. The standard InChI is InChI=1S/C30H28N6O3/c1-16-12-20-10-11-35-27(20)22(13-16)26(18-6-4-3-5-7-18)34-28(30(35)39)36-17(2)33-24-14-19(23(31)15-25(32)37)8-9-21(24)29(36)38/h3-9,12-14,23,28H,10-11,15,31H2,1-2H3,(H2,32,37). The highest BCUT2D eigenvalue weighted by Gasteiger charge is 2.38. The molecule has 3 heterocycles. The van der Waals surface area contributed by atoms with E-state index in [1.165, 1.54) is 4.57 Å². The summed E-state index contributed by atoms with van der Waals surface area (Å²) in [6, 6.07) is 18.3. The molecule has 0 saturated heterocycles. The van der Waals surface area contributed by atoms with Crippen LogP contribution in [0, 0.1) is 13.8 Å². The van der Waals surface area contributed by atoms with Gasteiger partial charge in [0.1, 0.15) is 5.82 Å². The number of benzene rings is 3. The summed E-state index contributed by atoms with van der Waals surface area (Å²) in [5, 5.41) is 0.333. The number of primary amides is 1. The normalized spacial score (nSPS) is 17.1. The zero-order valence-electron chi connectivity index (χ0n) is 21.7. The maximum Gasteiger partial charge on any atom is 0.272 e. The number of amides is 2. The number of hydrogen-bond donors (Lipinski definition) is 2. The van der Waals surface area contributed by atoms with Gasteiger partial charge in [0.2, 0.25) is 12.1 Å². The largest absolute Gasteiger partial charge is 0.370 e. The lowest BCUT2D eigenvalue weighted by atomic mass is 9.96. The van der Waals surface area contributed by atoms with Gasteiger partial charge in [0, 0.05) is 30.1 Å². The van der Waals surface area contributed by atoms with Gasteiger partial charge in [-0.2, -0.15) is 0 Å². The predicted octanol–water partition coefficient (Wildman–Crippen LogP) is 2.83. The van der Waals surface area contributed by atoms with Crippen LogP contribution in [0.25, 0.3) is 10.9 Å². The molecular weight excluding hydrogens is 492 g/mol. The summed E-state index contributed by atoms with van der Waals surface area (Å²) in [6.45, 7) is 4.26. The van der Waals surface area contributed by atoms with Crippen molar-refractivity contribution in [3.63, 3.8) is 0 Å². The third-order valence-electron chi connectivity index (χ3n) is 7.44. The van der Waals surface area contributed by atoms with Crippen LogP contribution < -0.4 is 21.9 Å². The Labute approximate surface area is 224 Å². The number of aromatic nitrogens is 2. The lowest BCUT2D eigenvalue weighted by molar-refractivity contribution is -0.121. The monoisotopic (exact) mass is 520 g/mol. The fourth-order valence-electron chi connectivity index (χ4n) is 5.67. The number of nitrogens with zero attached hydrogens (tertiary/aromatic N) is 4. The SMILES string of the molecule is Cc1cc2c3c(c1)C(c1ccccc1)=NC(n1c(C)nc4cc(C(N)CC(N)=O)ccc4c1=O)C(=O)N3CC2. The molecule has 0 aliphatic carbocycles. The fourth-order valence-corrected chi connectivity index (χ4v) is 5.67. The van der Waals surface area contributed by atoms with Crippen molar-refractivity contribution in [2.75, 3.05) is 11.4 Å². The van der Waals surface area contributed by atoms with Crippen molar-refractivity contribution in [1.29, 1.82) is 0 Å². The van der Waals surface area contributed by atoms with Crippen LogP contribution in [0.3, 0.4) is 0 Å². The average Bonchev–Trinajstić information content (AvgIpc) is 3.28. The number of hydrogen-bond acceptors (Lipinski definition) is 6. The van der Waals surface area contributed by atoms with E-state index in [9.17, 15) is 14.4 Å². The van der Waals surface area contributed by atoms with Crippen LogP contribution in [0.1, 0.15) is 52.3 Å². The number of carbonyl (C=O) groups is 2. The van der Waals surface area contributed by atoms with E-state index in [0.717, 1.165) is 34.4 Å². The minimum Gasteiger partial charge on any atom is -0.370 e. The zero-order valence-corrected chi connectivity index (χ0v) is 21.7. The third-order valence-corrected chi connectivity index (χ3v) is 7.44. The van der Waals surface area contributed by atoms with Gasteiger partial charge in [-0.25, -0.2) is 9.98 Å². The van der Waals surface area contributed by atoms with Gasteiger partial charge in [-0.05, 0) is 49.6 Å². The lowest BCUT2D eigenvalue weighted by Crippen LogP contribution is -2.39. The average molecular weight is 521 g/mol. The van der Waals surface area contributed by atoms with Gasteiger partial charge < -0.3 is 16.4 Å². The number of anilines is 1. The molecule has 0 fully saturated rings. The molecule has 0 saturated carbocycles. The van der Waals surface area contributed by atoms with E-state index in [0.29, 0.717) is 34.5 Å². The Balaban J connectivity index is 1.56. The summed E-state index contributed by atoms with van der Waals surface area (Å²) < 4.78 is 1.38. The molecule has 4 N–H and O–H groups in total. The maximum atomic E-state index is 14.1. The summed E-state index contributed by atoms with van der Waals surface area (Å²) in [5.41, 5.74) is 17.6. The van der Waals surface area contributed by atoms with Crippen LogP contribution in [0.2, 0.25) is 0 Å². The van der Waals surface area contributed by atoms with E-state index in [-0.39, 0.29) is 17.9 Å². The molecule has 2 aliphatic heterocycles. The minimum atomic E-state index is -1.12. The number of aryl methyl sites for hydroxylation is 2. The molecule has 0 radical (unpaired) electrons. The van der Waals surface area contributed by atoms with Crippen molar-refractivity contribution in [2.45, 2.75) is 38.9 Å². The Morgan fingerprint density at radius 3 is 2.59 bits per heavy atom. The minimum absolute atomic E-state index is 0.0209. The molecule has 4 aromatic rings. The summed E-state index contributed by atoms with van der Waals surface area (Å²) in [4.78, 5) is 50.8. The molecule has 2 atom stereocenters. The van der Waals surface area contributed by atoms with Crippen LogP contribution in [-0.2, 0) is 16.0 Å². The molecule has 196 valence electrons. The highest BCUT2D eigenvalue weighted by atomic mass is 16.2. The van der Waals surface area contributed by atoms with Gasteiger partial charge in [0.15, 0.2) is 0 Å². The summed E-state index contributed by atoms with van der Waals surface area (Å²) >= 11 is 0. The Hall–Kier alpha value is -4.63. The Kier molecular flexibility index (Phi) is 5.88. The number of aliphatic imine (C=N–C) groups is 1. The van der Waals surface area contributed by atoms with Crippen LogP contribution in [0.15, 0.2) is 70.5 Å². The molecule has 3 aromatic carbocycles. The highest BCUT2D eigenvalue weighted by molar-refractivity contribution is 6.20.